The first-order valence-electron chi connectivity index (χ1n) is 5.11. The molecule has 0 atom stereocenters. The molecule has 2 heterocycles. The summed E-state index contributed by atoms with van der Waals surface area (Å²) in [5.41, 5.74) is -0.0452. The Morgan fingerprint density at radius 1 is 1.62 bits per heavy atom. The number of nitrogens with zero attached hydrogens (tertiary/aromatic N) is 3. The van der Waals surface area contributed by atoms with Crippen molar-refractivity contribution in [3.05, 3.63) is 27.6 Å². The van der Waals surface area contributed by atoms with Gasteiger partial charge in [0.05, 0.1) is 24.2 Å². The summed E-state index contributed by atoms with van der Waals surface area (Å²) in [5.74, 6) is 0. The molecule has 0 radical (unpaired) electrons. The molecule has 0 aliphatic heterocycles. The fraction of sp³-hybridized carbons (Fsp3) is 0.364. The third-order valence-corrected chi connectivity index (χ3v) is 3.57. The molecule has 16 heavy (non-hydrogen) atoms. The van der Waals surface area contributed by atoms with E-state index in [0.717, 1.165) is 16.1 Å². The first kappa shape index (κ1) is 10.8. The lowest BCUT2D eigenvalue weighted by atomic mass is 10.3. The molecule has 0 unspecified atom stereocenters. The van der Waals surface area contributed by atoms with Crippen molar-refractivity contribution >= 4 is 21.6 Å². The smallest absolute Gasteiger partial charge is 0.262 e. The third kappa shape index (κ3) is 1.84. The van der Waals surface area contributed by atoms with E-state index in [1.165, 1.54) is 10.9 Å². The largest absolute Gasteiger partial charge is 0.298 e. The van der Waals surface area contributed by atoms with E-state index in [9.17, 15) is 4.79 Å². The van der Waals surface area contributed by atoms with Crippen LogP contribution in [0, 0.1) is 11.3 Å². The zero-order chi connectivity index (χ0) is 11.5. The molecular weight excluding hydrogens is 222 g/mol. The maximum atomic E-state index is 12.0. The van der Waals surface area contributed by atoms with E-state index in [1.807, 2.05) is 12.1 Å². The fourth-order valence-corrected chi connectivity index (χ4v) is 2.44. The highest BCUT2D eigenvalue weighted by Gasteiger charge is 2.07. The van der Waals surface area contributed by atoms with Gasteiger partial charge >= 0.3 is 0 Å². The third-order valence-electron chi connectivity index (χ3n) is 2.38. The van der Waals surface area contributed by atoms with Gasteiger partial charge in [-0.15, -0.1) is 11.3 Å². The topological polar surface area (TPSA) is 58.7 Å². The van der Waals surface area contributed by atoms with Crippen molar-refractivity contribution in [1.29, 1.82) is 5.26 Å². The first-order chi connectivity index (χ1) is 7.76. The summed E-state index contributed by atoms with van der Waals surface area (Å²) in [6.07, 6.45) is 2.77. The summed E-state index contributed by atoms with van der Waals surface area (Å²) in [5, 5.41) is 9.16. The Kier molecular flexibility index (Phi) is 3.02. The van der Waals surface area contributed by atoms with Crippen molar-refractivity contribution in [1.82, 2.24) is 9.55 Å². The number of aryl methyl sites for hydroxylation is 2. The molecule has 2 aromatic rings. The van der Waals surface area contributed by atoms with Gasteiger partial charge in [-0.25, -0.2) is 4.98 Å². The van der Waals surface area contributed by atoms with Gasteiger partial charge < -0.3 is 0 Å². The van der Waals surface area contributed by atoms with Crippen molar-refractivity contribution in [2.24, 2.45) is 0 Å². The Morgan fingerprint density at radius 3 is 3.12 bits per heavy atom. The first-order valence-corrected chi connectivity index (χ1v) is 5.92. The SMILES string of the molecule is CCc1cc2c(=O)n(CCC#N)cnc2s1. The summed E-state index contributed by atoms with van der Waals surface area (Å²) in [4.78, 5) is 18.2. The van der Waals surface area contributed by atoms with E-state index >= 15 is 0 Å². The van der Waals surface area contributed by atoms with Crippen molar-refractivity contribution in [3.63, 3.8) is 0 Å². The maximum Gasteiger partial charge on any atom is 0.262 e. The summed E-state index contributed by atoms with van der Waals surface area (Å²) in [6.45, 7) is 2.47. The zero-order valence-electron chi connectivity index (χ0n) is 8.93. The summed E-state index contributed by atoms with van der Waals surface area (Å²) < 4.78 is 1.50. The number of hydrogen-bond donors (Lipinski definition) is 0. The van der Waals surface area contributed by atoms with E-state index in [0.29, 0.717) is 18.4 Å². The zero-order valence-corrected chi connectivity index (χ0v) is 9.75. The Hall–Kier alpha value is -1.67. The number of nitriles is 1. The quantitative estimate of drug-likeness (QED) is 0.814. The molecule has 2 rings (SSSR count). The Morgan fingerprint density at radius 2 is 2.44 bits per heavy atom. The minimum absolute atomic E-state index is 0.0452. The standard InChI is InChI=1S/C11H11N3OS/c1-2-8-6-9-10(16-8)13-7-14(11(9)15)5-3-4-12/h6-7H,2-3,5H2,1H3. The molecule has 0 aliphatic rings. The number of hydrogen-bond acceptors (Lipinski definition) is 4. The van der Waals surface area contributed by atoms with Crippen LogP contribution in [-0.2, 0) is 13.0 Å². The molecule has 0 aliphatic carbocycles. The monoisotopic (exact) mass is 233 g/mol. The molecule has 2 aromatic heterocycles. The van der Waals surface area contributed by atoms with Crippen LogP contribution in [0.5, 0.6) is 0 Å². The predicted molar refractivity (Wildman–Crippen MR) is 63.5 cm³/mol. The van der Waals surface area contributed by atoms with Crippen molar-refractivity contribution < 1.29 is 0 Å². The van der Waals surface area contributed by atoms with Crippen molar-refractivity contribution in [3.8, 4) is 6.07 Å². The molecule has 4 nitrogen and oxygen atoms in total. The summed E-state index contributed by atoms with van der Waals surface area (Å²) in [6, 6.07) is 3.92. The van der Waals surface area contributed by atoms with Crippen LogP contribution in [0.1, 0.15) is 18.2 Å². The van der Waals surface area contributed by atoms with Gasteiger partial charge in [-0.05, 0) is 12.5 Å². The average Bonchev–Trinajstić information content (AvgIpc) is 2.72. The molecule has 0 fully saturated rings. The molecule has 82 valence electrons. The van der Waals surface area contributed by atoms with Gasteiger partial charge in [0, 0.05) is 11.4 Å². The van der Waals surface area contributed by atoms with Crippen molar-refractivity contribution in [2.45, 2.75) is 26.3 Å². The molecule has 0 aromatic carbocycles. The van der Waals surface area contributed by atoms with Crippen LogP contribution in [0.25, 0.3) is 10.2 Å². The van der Waals surface area contributed by atoms with Crippen molar-refractivity contribution in [2.75, 3.05) is 0 Å². The molecule has 5 heteroatoms. The molecule has 0 amide bonds. The fourth-order valence-electron chi connectivity index (χ4n) is 1.51. The number of thiophene rings is 1. The molecule has 0 bridgehead atoms. The predicted octanol–water partition coefficient (Wildman–Crippen LogP) is 1.93. The van der Waals surface area contributed by atoms with E-state index in [1.54, 1.807) is 11.3 Å². The number of rotatable bonds is 3. The lowest BCUT2D eigenvalue weighted by molar-refractivity contribution is 0.679. The lowest BCUT2D eigenvalue weighted by Crippen LogP contribution is -2.19. The second-order valence-electron chi connectivity index (χ2n) is 3.44. The van der Waals surface area contributed by atoms with Gasteiger partial charge in [-0.1, -0.05) is 6.92 Å². The second kappa shape index (κ2) is 4.45. The molecular formula is C11H11N3OS. The number of aromatic nitrogens is 2. The maximum absolute atomic E-state index is 12.0. The van der Waals surface area contributed by atoms with E-state index in [4.69, 9.17) is 5.26 Å². The van der Waals surface area contributed by atoms with Crippen LogP contribution in [0.15, 0.2) is 17.2 Å². The molecule has 0 N–H and O–H groups in total. The summed E-state index contributed by atoms with van der Waals surface area (Å²) in [7, 11) is 0. The second-order valence-corrected chi connectivity index (χ2v) is 4.55. The van der Waals surface area contributed by atoms with Gasteiger partial charge in [0.1, 0.15) is 4.83 Å². The Balaban J connectivity index is 2.52. The van der Waals surface area contributed by atoms with Crippen LogP contribution >= 0.6 is 11.3 Å². The summed E-state index contributed by atoms with van der Waals surface area (Å²) >= 11 is 1.55. The van der Waals surface area contributed by atoms with Crippen LogP contribution in [0.4, 0.5) is 0 Å². The lowest BCUT2D eigenvalue weighted by Gasteiger charge is -2.00. The normalized spacial score (nSPS) is 10.5. The minimum atomic E-state index is -0.0452. The van der Waals surface area contributed by atoms with Gasteiger partial charge in [-0.2, -0.15) is 5.26 Å². The van der Waals surface area contributed by atoms with E-state index in [-0.39, 0.29) is 5.56 Å². The molecule has 0 saturated carbocycles. The molecule has 0 saturated heterocycles. The van der Waals surface area contributed by atoms with Crippen LogP contribution in [0.2, 0.25) is 0 Å². The van der Waals surface area contributed by atoms with Gasteiger partial charge in [-0.3, -0.25) is 9.36 Å². The van der Waals surface area contributed by atoms with E-state index in [2.05, 4.69) is 11.9 Å². The minimum Gasteiger partial charge on any atom is -0.298 e. The highest BCUT2D eigenvalue weighted by atomic mass is 32.1. The van der Waals surface area contributed by atoms with Gasteiger partial charge in [0.2, 0.25) is 0 Å². The van der Waals surface area contributed by atoms with Crippen LogP contribution in [-0.4, -0.2) is 9.55 Å². The highest BCUT2D eigenvalue weighted by Crippen LogP contribution is 2.20. The van der Waals surface area contributed by atoms with Crippen LogP contribution in [0.3, 0.4) is 0 Å². The highest BCUT2D eigenvalue weighted by molar-refractivity contribution is 7.18. The Labute approximate surface area is 96.8 Å². The van der Waals surface area contributed by atoms with Gasteiger partial charge in [0.15, 0.2) is 0 Å². The number of fused-ring (bicyclic) bond motifs is 1. The van der Waals surface area contributed by atoms with Gasteiger partial charge in [0.25, 0.3) is 5.56 Å². The molecule has 0 spiro atoms. The average molecular weight is 233 g/mol. The Bertz CT molecular complexity index is 606. The van der Waals surface area contributed by atoms with Crippen LogP contribution < -0.4 is 5.56 Å². The van der Waals surface area contributed by atoms with E-state index < -0.39 is 0 Å².